The molecular weight excluding hydrogens is 276 g/mol. The summed E-state index contributed by atoms with van der Waals surface area (Å²) in [6, 6.07) is 0.694. The van der Waals surface area contributed by atoms with Crippen molar-refractivity contribution in [3.05, 3.63) is 12.2 Å². The van der Waals surface area contributed by atoms with Crippen LogP contribution in [-0.4, -0.2) is 59.6 Å². The monoisotopic (exact) mass is 306 g/mol. The molecule has 0 aromatic rings. The Balaban J connectivity index is 1.78. The van der Waals surface area contributed by atoms with Gasteiger partial charge < -0.3 is 0 Å². The van der Waals surface area contributed by atoms with Gasteiger partial charge in [-0.25, -0.2) is 0 Å². The summed E-state index contributed by atoms with van der Waals surface area (Å²) in [5.74, 6) is 1.12. The Labute approximate surface area is 134 Å². The molecule has 0 aliphatic carbocycles. The predicted octanol–water partition coefficient (Wildman–Crippen LogP) is 2.14. The molecule has 124 valence electrons. The summed E-state index contributed by atoms with van der Waals surface area (Å²) in [7, 11) is 0. The molecule has 0 amide bonds. The van der Waals surface area contributed by atoms with E-state index in [1.807, 2.05) is 13.8 Å². The molecule has 0 aromatic heterocycles. The van der Waals surface area contributed by atoms with Gasteiger partial charge in [0.15, 0.2) is 0 Å². The SMILES string of the molecule is C[C@@H]1CN(C/C=C/CN2C[C@@H](C)C(=O)C[C@@H]2C)[C@H](C)CC1=O. The Morgan fingerprint density at radius 2 is 1.18 bits per heavy atom. The van der Waals surface area contributed by atoms with Crippen LogP contribution in [0.3, 0.4) is 0 Å². The van der Waals surface area contributed by atoms with Crippen LogP contribution in [0.2, 0.25) is 0 Å². The molecular formula is C18H30N2O2. The Morgan fingerprint density at radius 3 is 1.55 bits per heavy atom. The van der Waals surface area contributed by atoms with Crippen LogP contribution in [0.4, 0.5) is 0 Å². The molecule has 22 heavy (non-hydrogen) atoms. The van der Waals surface area contributed by atoms with Crippen molar-refractivity contribution in [3.8, 4) is 0 Å². The Hall–Kier alpha value is -1.00. The summed E-state index contributed by atoms with van der Waals surface area (Å²) in [6.07, 6.45) is 5.79. The number of nitrogens with zero attached hydrogens (tertiary/aromatic N) is 2. The molecule has 2 fully saturated rings. The van der Waals surface area contributed by atoms with E-state index in [0.717, 1.165) is 26.2 Å². The van der Waals surface area contributed by atoms with Crippen LogP contribution in [0.15, 0.2) is 12.2 Å². The molecule has 0 unspecified atom stereocenters. The zero-order valence-corrected chi connectivity index (χ0v) is 14.4. The van der Waals surface area contributed by atoms with E-state index in [1.54, 1.807) is 0 Å². The zero-order chi connectivity index (χ0) is 16.3. The van der Waals surface area contributed by atoms with Crippen LogP contribution < -0.4 is 0 Å². The number of Topliss-reactive ketones (excluding diaryl/α,β-unsaturated/α-hetero) is 2. The van der Waals surface area contributed by atoms with Gasteiger partial charge in [-0.1, -0.05) is 26.0 Å². The first-order valence-electron chi connectivity index (χ1n) is 8.57. The molecule has 2 aliphatic rings. The van der Waals surface area contributed by atoms with Gasteiger partial charge in [-0.05, 0) is 13.8 Å². The minimum Gasteiger partial charge on any atom is -0.299 e. The van der Waals surface area contributed by atoms with Crippen molar-refractivity contribution >= 4 is 11.6 Å². The highest BCUT2D eigenvalue weighted by molar-refractivity contribution is 5.82. The van der Waals surface area contributed by atoms with Gasteiger partial charge in [0.1, 0.15) is 11.6 Å². The first-order valence-corrected chi connectivity index (χ1v) is 8.57. The lowest BCUT2D eigenvalue weighted by atomic mass is 9.93. The van der Waals surface area contributed by atoms with Crippen LogP contribution in [0.1, 0.15) is 40.5 Å². The average Bonchev–Trinajstić information content (AvgIpc) is 2.45. The molecule has 0 aromatic carbocycles. The number of rotatable bonds is 4. The number of hydrogen-bond donors (Lipinski definition) is 0. The quantitative estimate of drug-likeness (QED) is 0.746. The summed E-state index contributed by atoms with van der Waals surface area (Å²) >= 11 is 0. The molecule has 0 spiro atoms. The summed E-state index contributed by atoms with van der Waals surface area (Å²) in [6.45, 7) is 11.9. The summed E-state index contributed by atoms with van der Waals surface area (Å²) in [5.41, 5.74) is 0. The second-order valence-corrected chi connectivity index (χ2v) is 7.22. The third-order valence-electron chi connectivity index (χ3n) is 5.20. The van der Waals surface area contributed by atoms with E-state index in [0.29, 0.717) is 36.5 Å². The maximum atomic E-state index is 11.7. The molecule has 4 heteroatoms. The normalized spacial score (nSPS) is 35.5. The third kappa shape index (κ3) is 4.26. The molecule has 4 nitrogen and oxygen atoms in total. The maximum absolute atomic E-state index is 11.7. The standard InChI is InChI=1S/C18H30N2O2/c1-13-11-19(15(3)9-17(13)21)7-5-6-8-20-12-14(2)18(22)10-16(20)4/h5-6,13-16H,7-12H2,1-4H3/b6-5+/t13-,14-,15-,16+/m1/s1. The number of piperidine rings is 2. The van der Waals surface area contributed by atoms with E-state index in [4.69, 9.17) is 0 Å². The first kappa shape index (κ1) is 17.4. The maximum Gasteiger partial charge on any atom is 0.138 e. The lowest BCUT2D eigenvalue weighted by Gasteiger charge is -2.36. The van der Waals surface area contributed by atoms with Crippen molar-refractivity contribution in [3.63, 3.8) is 0 Å². The highest BCUT2D eigenvalue weighted by Gasteiger charge is 2.29. The highest BCUT2D eigenvalue weighted by Crippen LogP contribution is 2.19. The van der Waals surface area contributed by atoms with Crippen LogP contribution in [0, 0.1) is 11.8 Å². The molecule has 0 saturated carbocycles. The van der Waals surface area contributed by atoms with Crippen molar-refractivity contribution in [2.45, 2.75) is 52.6 Å². The van der Waals surface area contributed by atoms with Crippen molar-refractivity contribution in [2.75, 3.05) is 26.2 Å². The molecule has 2 aliphatic heterocycles. The van der Waals surface area contributed by atoms with Gasteiger partial charge in [0.2, 0.25) is 0 Å². The average molecular weight is 306 g/mol. The van der Waals surface area contributed by atoms with Gasteiger partial charge in [0, 0.05) is 62.9 Å². The van der Waals surface area contributed by atoms with Crippen LogP contribution in [-0.2, 0) is 9.59 Å². The molecule has 0 radical (unpaired) electrons. The zero-order valence-electron chi connectivity index (χ0n) is 14.4. The van der Waals surface area contributed by atoms with Gasteiger partial charge in [0.25, 0.3) is 0 Å². The van der Waals surface area contributed by atoms with Gasteiger partial charge in [0.05, 0.1) is 0 Å². The van der Waals surface area contributed by atoms with Crippen molar-refractivity contribution in [2.24, 2.45) is 11.8 Å². The smallest absolute Gasteiger partial charge is 0.138 e. The molecule has 0 bridgehead atoms. The largest absolute Gasteiger partial charge is 0.299 e. The van der Waals surface area contributed by atoms with E-state index in [9.17, 15) is 9.59 Å². The van der Waals surface area contributed by atoms with Crippen LogP contribution in [0.5, 0.6) is 0 Å². The summed E-state index contributed by atoms with van der Waals surface area (Å²) in [4.78, 5) is 28.2. The number of ketones is 2. The fourth-order valence-corrected chi connectivity index (χ4v) is 3.44. The van der Waals surface area contributed by atoms with E-state index in [2.05, 4.69) is 35.8 Å². The molecule has 2 saturated heterocycles. The predicted molar refractivity (Wildman–Crippen MR) is 88.8 cm³/mol. The molecule has 2 rings (SSSR count). The van der Waals surface area contributed by atoms with Crippen LogP contribution in [0.25, 0.3) is 0 Å². The van der Waals surface area contributed by atoms with Gasteiger partial charge in [-0.3, -0.25) is 19.4 Å². The highest BCUT2D eigenvalue weighted by atomic mass is 16.1. The third-order valence-corrected chi connectivity index (χ3v) is 5.20. The number of carbonyl (C=O) groups is 2. The fourth-order valence-electron chi connectivity index (χ4n) is 3.44. The second-order valence-electron chi connectivity index (χ2n) is 7.22. The van der Waals surface area contributed by atoms with E-state index in [-0.39, 0.29) is 11.8 Å². The summed E-state index contributed by atoms with van der Waals surface area (Å²) in [5, 5.41) is 0. The van der Waals surface area contributed by atoms with Gasteiger partial charge >= 0.3 is 0 Å². The van der Waals surface area contributed by atoms with E-state index in [1.165, 1.54) is 0 Å². The number of carbonyl (C=O) groups excluding carboxylic acids is 2. The number of likely N-dealkylation sites (tertiary alicyclic amines) is 2. The van der Waals surface area contributed by atoms with Crippen molar-refractivity contribution < 1.29 is 9.59 Å². The topological polar surface area (TPSA) is 40.6 Å². The summed E-state index contributed by atoms with van der Waals surface area (Å²) < 4.78 is 0. The van der Waals surface area contributed by atoms with Gasteiger partial charge in [-0.2, -0.15) is 0 Å². The van der Waals surface area contributed by atoms with Crippen LogP contribution >= 0.6 is 0 Å². The minimum absolute atomic E-state index is 0.165. The second kappa shape index (κ2) is 7.51. The molecule has 0 N–H and O–H groups in total. The molecule has 4 atom stereocenters. The first-order chi connectivity index (χ1) is 10.4. The Morgan fingerprint density at radius 1 is 0.818 bits per heavy atom. The van der Waals surface area contributed by atoms with Crippen molar-refractivity contribution in [1.82, 2.24) is 9.80 Å². The Bertz CT molecular complexity index is 406. The van der Waals surface area contributed by atoms with E-state index < -0.39 is 0 Å². The van der Waals surface area contributed by atoms with Crippen molar-refractivity contribution in [1.29, 1.82) is 0 Å². The molecule has 2 heterocycles. The van der Waals surface area contributed by atoms with E-state index >= 15 is 0 Å². The minimum atomic E-state index is 0.165. The van der Waals surface area contributed by atoms with Gasteiger partial charge in [-0.15, -0.1) is 0 Å². The Kier molecular flexibility index (Phi) is 5.93. The lowest BCUT2D eigenvalue weighted by molar-refractivity contribution is -0.127. The lowest BCUT2D eigenvalue weighted by Crippen LogP contribution is -2.46. The fraction of sp³-hybridized carbons (Fsp3) is 0.778. The number of hydrogen-bond acceptors (Lipinski definition) is 4.